The summed E-state index contributed by atoms with van der Waals surface area (Å²) in [7, 11) is 0. The summed E-state index contributed by atoms with van der Waals surface area (Å²) in [6, 6.07) is 5.37. The van der Waals surface area contributed by atoms with Crippen LogP contribution in [-0.4, -0.2) is 38.9 Å². The zero-order valence-corrected chi connectivity index (χ0v) is 13.4. The number of primary amides is 1. The van der Waals surface area contributed by atoms with Gasteiger partial charge < -0.3 is 21.4 Å². The third-order valence-corrected chi connectivity index (χ3v) is 4.28. The van der Waals surface area contributed by atoms with Crippen LogP contribution < -0.4 is 16.4 Å². The molecular formula is C17H17N7O. The highest BCUT2D eigenvalue weighted by molar-refractivity contribution is 5.92. The van der Waals surface area contributed by atoms with Crippen LogP contribution in [-0.2, 0) is 0 Å². The number of hydrogen-bond donors (Lipinski definition) is 3. The van der Waals surface area contributed by atoms with E-state index in [9.17, 15) is 4.79 Å². The van der Waals surface area contributed by atoms with E-state index in [0.717, 1.165) is 29.6 Å². The van der Waals surface area contributed by atoms with Crippen molar-refractivity contribution in [2.75, 3.05) is 23.7 Å². The third kappa shape index (κ3) is 2.78. The number of hydrogen-bond acceptors (Lipinski definition) is 6. The molecule has 4 heterocycles. The predicted octanol–water partition coefficient (Wildman–Crippen LogP) is 1.33. The number of amides is 1. The number of anilines is 2. The predicted molar refractivity (Wildman–Crippen MR) is 95.9 cm³/mol. The van der Waals surface area contributed by atoms with Crippen molar-refractivity contribution >= 4 is 34.3 Å². The highest BCUT2D eigenvalue weighted by Crippen LogP contribution is 2.29. The molecule has 1 aliphatic rings. The quantitative estimate of drug-likeness (QED) is 0.662. The van der Waals surface area contributed by atoms with Gasteiger partial charge >= 0.3 is 0 Å². The van der Waals surface area contributed by atoms with Crippen LogP contribution in [0.2, 0.25) is 0 Å². The number of rotatable bonds is 3. The first-order valence-corrected chi connectivity index (χ1v) is 7.92. The van der Waals surface area contributed by atoms with E-state index in [2.05, 4.69) is 32.1 Å². The fraction of sp³-hybridized carbons (Fsp3) is 0.176. The van der Waals surface area contributed by atoms with Gasteiger partial charge in [-0.05, 0) is 24.1 Å². The Kier molecular flexibility index (Phi) is 3.57. The summed E-state index contributed by atoms with van der Waals surface area (Å²) >= 11 is 0. The smallest absolute Gasteiger partial charge is 0.267 e. The van der Waals surface area contributed by atoms with E-state index in [4.69, 9.17) is 11.5 Å². The van der Waals surface area contributed by atoms with Crippen molar-refractivity contribution in [2.24, 2.45) is 5.73 Å². The summed E-state index contributed by atoms with van der Waals surface area (Å²) in [6.45, 7) is 1.35. The van der Waals surface area contributed by atoms with Gasteiger partial charge in [0.25, 0.3) is 5.91 Å². The number of aromatic nitrogens is 4. The Hall–Kier alpha value is -3.42. The van der Waals surface area contributed by atoms with Gasteiger partial charge in [-0.1, -0.05) is 6.08 Å². The van der Waals surface area contributed by atoms with Crippen LogP contribution in [0.3, 0.4) is 0 Å². The number of aromatic amines is 1. The van der Waals surface area contributed by atoms with Gasteiger partial charge in [0.2, 0.25) is 5.95 Å². The molecule has 0 spiro atoms. The lowest BCUT2D eigenvalue weighted by Gasteiger charge is -2.26. The molecule has 3 aromatic rings. The molecule has 0 radical (unpaired) electrons. The van der Waals surface area contributed by atoms with E-state index in [1.54, 1.807) is 6.20 Å². The van der Waals surface area contributed by atoms with Gasteiger partial charge in [-0.3, -0.25) is 4.79 Å². The van der Waals surface area contributed by atoms with Crippen LogP contribution in [0.4, 0.5) is 11.8 Å². The Morgan fingerprint density at radius 1 is 1.32 bits per heavy atom. The fourth-order valence-electron chi connectivity index (χ4n) is 3.04. The first-order valence-electron chi connectivity index (χ1n) is 7.92. The summed E-state index contributed by atoms with van der Waals surface area (Å²) in [4.78, 5) is 29.3. The van der Waals surface area contributed by atoms with Crippen molar-refractivity contribution in [1.29, 1.82) is 0 Å². The number of H-pyrrole nitrogens is 1. The molecule has 0 aromatic carbocycles. The molecule has 1 aliphatic heterocycles. The molecule has 0 fully saturated rings. The second kappa shape index (κ2) is 5.90. The Morgan fingerprint density at radius 3 is 2.96 bits per heavy atom. The minimum Gasteiger partial charge on any atom is -0.384 e. The van der Waals surface area contributed by atoms with Crippen molar-refractivity contribution in [3.63, 3.8) is 0 Å². The Balaban J connectivity index is 1.61. The number of nitrogens with two attached hydrogens (primary N) is 2. The van der Waals surface area contributed by atoms with E-state index in [1.165, 1.54) is 11.6 Å². The summed E-state index contributed by atoms with van der Waals surface area (Å²) in [5.74, 6) is 0.0378. The summed E-state index contributed by atoms with van der Waals surface area (Å²) < 4.78 is 0. The van der Waals surface area contributed by atoms with E-state index >= 15 is 0 Å². The number of pyridine rings is 1. The average Bonchev–Trinajstić information content (AvgIpc) is 3.05. The molecule has 0 atom stereocenters. The normalized spacial score (nSPS) is 14.6. The summed E-state index contributed by atoms with van der Waals surface area (Å²) in [5, 5.41) is 1.11. The van der Waals surface area contributed by atoms with Crippen LogP contribution in [0.1, 0.15) is 22.5 Å². The van der Waals surface area contributed by atoms with Gasteiger partial charge in [0.15, 0.2) is 0 Å². The maximum absolute atomic E-state index is 11.4. The first kappa shape index (κ1) is 15.1. The molecular weight excluding hydrogens is 318 g/mol. The summed E-state index contributed by atoms with van der Waals surface area (Å²) in [6.07, 6.45) is 6.72. The van der Waals surface area contributed by atoms with Crippen molar-refractivity contribution in [3.05, 3.63) is 47.9 Å². The Bertz CT molecular complexity index is 992. The SMILES string of the molecule is NC(=O)c1cc(N)nc(N2CC=C(c3c[nH]c4ncccc34)CC2)n1. The monoisotopic (exact) mass is 335 g/mol. The average molecular weight is 335 g/mol. The lowest BCUT2D eigenvalue weighted by Crippen LogP contribution is -2.31. The van der Waals surface area contributed by atoms with E-state index < -0.39 is 5.91 Å². The number of nitrogens with one attached hydrogen (secondary N) is 1. The van der Waals surface area contributed by atoms with E-state index in [-0.39, 0.29) is 11.5 Å². The van der Waals surface area contributed by atoms with Gasteiger partial charge in [-0.2, -0.15) is 4.98 Å². The van der Waals surface area contributed by atoms with Crippen molar-refractivity contribution in [2.45, 2.75) is 6.42 Å². The van der Waals surface area contributed by atoms with Crippen molar-refractivity contribution in [3.8, 4) is 0 Å². The fourth-order valence-corrected chi connectivity index (χ4v) is 3.04. The highest BCUT2D eigenvalue weighted by Gasteiger charge is 2.19. The van der Waals surface area contributed by atoms with Gasteiger partial charge in [-0.15, -0.1) is 0 Å². The van der Waals surface area contributed by atoms with Crippen LogP contribution >= 0.6 is 0 Å². The van der Waals surface area contributed by atoms with Gasteiger partial charge in [0, 0.05) is 42.5 Å². The Labute approximate surface area is 143 Å². The number of fused-ring (bicyclic) bond motifs is 1. The molecule has 0 saturated carbocycles. The largest absolute Gasteiger partial charge is 0.384 e. The van der Waals surface area contributed by atoms with Crippen molar-refractivity contribution in [1.82, 2.24) is 19.9 Å². The standard InChI is InChI=1S/C17H17N7O/c18-14-8-13(15(19)25)22-17(23-14)24-6-3-10(4-7-24)12-9-21-16-11(12)2-1-5-20-16/h1-3,5,8-9H,4,6-7H2,(H2,19,25)(H,20,21)(H2,18,22,23). The van der Waals surface area contributed by atoms with Crippen molar-refractivity contribution < 1.29 is 4.79 Å². The zero-order chi connectivity index (χ0) is 17.4. The molecule has 4 rings (SSSR count). The van der Waals surface area contributed by atoms with Crippen LogP contribution in [0.5, 0.6) is 0 Å². The molecule has 0 saturated heterocycles. The minimum absolute atomic E-state index is 0.125. The van der Waals surface area contributed by atoms with E-state index in [1.807, 2.05) is 17.2 Å². The topological polar surface area (TPSA) is 127 Å². The number of carbonyl (C=O) groups excluding carboxylic acids is 1. The van der Waals surface area contributed by atoms with Crippen LogP contribution in [0.15, 0.2) is 36.7 Å². The highest BCUT2D eigenvalue weighted by atomic mass is 16.1. The molecule has 3 aromatic heterocycles. The maximum Gasteiger partial charge on any atom is 0.267 e. The van der Waals surface area contributed by atoms with Crippen LogP contribution in [0.25, 0.3) is 16.6 Å². The molecule has 8 nitrogen and oxygen atoms in total. The maximum atomic E-state index is 11.4. The lowest BCUT2D eigenvalue weighted by atomic mass is 10.00. The molecule has 0 aliphatic carbocycles. The summed E-state index contributed by atoms with van der Waals surface area (Å²) in [5.41, 5.74) is 14.5. The van der Waals surface area contributed by atoms with E-state index in [0.29, 0.717) is 12.5 Å². The number of nitrogens with zero attached hydrogens (tertiary/aromatic N) is 4. The van der Waals surface area contributed by atoms with Gasteiger partial charge in [-0.25, -0.2) is 9.97 Å². The zero-order valence-electron chi connectivity index (χ0n) is 13.4. The molecule has 0 bridgehead atoms. The molecule has 126 valence electrons. The van der Waals surface area contributed by atoms with Gasteiger partial charge in [0.1, 0.15) is 17.2 Å². The molecule has 1 amide bonds. The first-order chi connectivity index (χ1) is 12.1. The Morgan fingerprint density at radius 2 is 2.20 bits per heavy atom. The second-order valence-corrected chi connectivity index (χ2v) is 5.87. The second-order valence-electron chi connectivity index (χ2n) is 5.87. The van der Waals surface area contributed by atoms with Gasteiger partial charge in [0.05, 0.1) is 0 Å². The minimum atomic E-state index is -0.616. The lowest BCUT2D eigenvalue weighted by molar-refractivity contribution is 0.0995. The third-order valence-electron chi connectivity index (χ3n) is 4.28. The number of nitrogen functional groups attached to an aromatic ring is 1. The molecule has 25 heavy (non-hydrogen) atoms. The van der Waals surface area contributed by atoms with Crippen LogP contribution in [0, 0.1) is 0 Å². The molecule has 8 heteroatoms. The molecule has 5 N–H and O–H groups in total. The molecule has 0 unspecified atom stereocenters. The number of carbonyl (C=O) groups is 1.